The average molecular weight is 316 g/mol. The normalized spacial score (nSPS) is 21.7. The van der Waals surface area contributed by atoms with E-state index < -0.39 is 0 Å². The molecule has 0 saturated heterocycles. The summed E-state index contributed by atoms with van der Waals surface area (Å²) in [5, 5.41) is 14.8. The van der Waals surface area contributed by atoms with E-state index in [1.165, 1.54) is 25.7 Å². The predicted octanol–water partition coefficient (Wildman–Crippen LogP) is 3.17. The Morgan fingerprint density at radius 1 is 1.36 bits per heavy atom. The molecule has 0 unspecified atom stereocenters. The molecule has 2 aromatic heterocycles. The lowest BCUT2D eigenvalue weighted by Crippen LogP contribution is -2.39. The van der Waals surface area contributed by atoms with E-state index in [1.807, 2.05) is 6.07 Å². The fourth-order valence-electron chi connectivity index (χ4n) is 3.51. The number of H-pyrrole nitrogens is 1. The number of aromatic nitrogens is 2. The second kappa shape index (κ2) is 5.43. The summed E-state index contributed by atoms with van der Waals surface area (Å²) in [6, 6.07) is 2.66. The van der Waals surface area contributed by atoms with E-state index in [2.05, 4.69) is 27.8 Å². The van der Waals surface area contributed by atoms with Crippen LogP contribution in [0.25, 0.3) is 10.6 Å². The third kappa shape index (κ3) is 2.31. The summed E-state index contributed by atoms with van der Waals surface area (Å²) in [5.41, 5.74) is 3.01. The van der Waals surface area contributed by atoms with Gasteiger partial charge in [-0.05, 0) is 37.8 Å². The molecular weight excluding hydrogens is 296 g/mol. The maximum Gasteiger partial charge on any atom is 0.254 e. The van der Waals surface area contributed by atoms with Gasteiger partial charge in [-0.2, -0.15) is 5.10 Å². The lowest BCUT2D eigenvalue weighted by Gasteiger charge is -2.22. The third-order valence-electron chi connectivity index (χ3n) is 4.56. The topological polar surface area (TPSA) is 69.8 Å². The van der Waals surface area contributed by atoms with Gasteiger partial charge in [-0.3, -0.25) is 9.89 Å². The highest BCUT2D eigenvalue weighted by molar-refractivity contribution is 7.20. The Morgan fingerprint density at radius 2 is 2.18 bits per heavy atom. The van der Waals surface area contributed by atoms with Crippen molar-refractivity contribution in [2.45, 2.75) is 51.1 Å². The monoisotopic (exact) mass is 316 g/mol. The standard InChI is InChI=1S/C16H20N4OS/c1-9-8-11-13(15(21)18-9)16(19-10-4-2-3-5-10)22-14(11)12-6-7-17-20-12/h6-7,9-10,19H,2-5,8H2,1H3,(H,17,20)(H,18,21)/t9-/m1/s1. The minimum absolute atomic E-state index is 0.0521. The Balaban J connectivity index is 1.78. The van der Waals surface area contributed by atoms with Gasteiger partial charge in [-0.15, -0.1) is 11.3 Å². The minimum Gasteiger partial charge on any atom is -0.374 e. The van der Waals surface area contributed by atoms with Crippen LogP contribution < -0.4 is 10.6 Å². The number of hydrogen-bond donors (Lipinski definition) is 3. The Bertz CT molecular complexity index is 685. The summed E-state index contributed by atoms with van der Waals surface area (Å²) in [6.45, 7) is 2.05. The number of carbonyl (C=O) groups excluding carboxylic acids is 1. The van der Waals surface area contributed by atoms with Crippen LogP contribution in [0.5, 0.6) is 0 Å². The van der Waals surface area contributed by atoms with E-state index in [4.69, 9.17) is 0 Å². The van der Waals surface area contributed by atoms with Crippen LogP contribution in [0.15, 0.2) is 12.3 Å². The Kier molecular flexibility index (Phi) is 3.41. The molecule has 1 amide bonds. The second-order valence-electron chi connectivity index (χ2n) is 6.29. The molecule has 116 valence electrons. The fourth-order valence-corrected chi connectivity index (χ4v) is 4.79. The third-order valence-corrected chi connectivity index (χ3v) is 5.75. The highest BCUT2D eigenvalue weighted by Crippen LogP contribution is 2.42. The van der Waals surface area contributed by atoms with Crippen LogP contribution in [0, 0.1) is 0 Å². The molecule has 2 aromatic rings. The van der Waals surface area contributed by atoms with Crippen LogP contribution in [0.3, 0.4) is 0 Å². The zero-order valence-corrected chi connectivity index (χ0v) is 13.4. The average Bonchev–Trinajstić information content (AvgIpc) is 3.19. The lowest BCUT2D eigenvalue weighted by molar-refractivity contribution is 0.0931. The second-order valence-corrected chi connectivity index (χ2v) is 7.31. The predicted molar refractivity (Wildman–Crippen MR) is 88.4 cm³/mol. The van der Waals surface area contributed by atoms with Gasteiger partial charge in [0.2, 0.25) is 0 Å². The molecule has 22 heavy (non-hydrogen) atoms. The molecule has 1 fully saturated rings. The summed E-state index contributed by atoms with van der Waals surface area (Å²) in [7, 11) is 0. The first-order valence-corrected chi connectivity index (χ1v) is 8.77. The van der Waals surface area contributed by atoms with E-state index in [9.17, 15) is 4.79 Å². The zero-order valence-electron chi connectivity index (χ0n) is 12.6. The number of anilines is 1. The SMILES string of the molecule is C[C@@H]1Cc2c(-c3ccn[nH]3)sc(NC3CCCC3)c2C(=O)N1. The molecule has 4 rings (SSSR count). The van der Waals surface area contributed by atoms with Crippen molar-refractivity contribution in [3.8, 4) is 10.6 Å². The molecule has 0 aromatic carbocycles. The fraction of sp³-hybridized carbons (Fsp3) is 0.500. The lowest BCUT2D eigenvalue weighted by atomic mass is 9.96. The molecule has 0 bridgehead atoms. The molecule has 1 atom stereocenters. The Labute approximate surface area is 133 Å². The first kappa shape index (κ1) is 13.8. The van der Waals surface area contributed by atoms with Crippen LogP contribution in [0.1, 0.15) is 48.5 Å². The van der Waals surface area contributed by atoms with E-state index in [0.29, 0.717) is 6.04 Å². The van der Waals surface area contributed by atoms with Crippen molar-refractivity contribution in [3.63, 3.8) is 0 Å². The van der Waals surface area contributed by atoms with Crippen molar-refractivity contribution >= 4 is 22.2 Å². The first-order chi connectivity index (χ1) is 10.7. The smallest absolute Gasteiger partial charge is 0.254 e. The number of hydrogen-bond acceptors (Lipinski definition) is 4. The van der Waals surface area contributed by atoms with Gasteiger partial charge in [0, 0.05) is 18.3 Å². The summed E-state index contributed by atoms with van der Waals surface area (Å²) in [6.07, 6.45) is 7.59. The maximum absolute atomic E-state index is 12.5. The number of nitrogens with zero attached hydrogens (tertiary/aromatic N) is 1. The molecule has 2 aliphatic rings. The number of nitrogens with one attached hydrogen (secondary N) is 3. The van der Waals surface area contributed by atoms with Crippen LogP contribution in [0.2, 0.25) is 0 Å². The van der Waals surface area contributed by atoms with Gasteiger partial charge in [0.05, 0.1) is 16.1 Å². The van der Waals surface area contributed by atoms with Gasteiger partial charge in [0.15, 0.2) is 0 Å². The van der Waals surface area contributed by atoms with Crippen LogP contribution >= 0.6 is 11.3 Å². The van der Waals surface area contributed by atoms with Crippen molar-refractivity contribution < 1.29 is 4.79 Å². The summed E-state index contributed by atoms with van der Waals surface area (Å²) in [5.74, 6) is 0.0521. The van der Waals surface area contributed by atoms with Crippen molar-refractivity contribution in [1.29, 1.82) is 0 Å². The number of aromatic amines is 1. The molecule has 1 aliphatic carbocycles. The number of carbonyl (C=O) groups is 1. The molecule has 0 spiro atoms. The zero-order chi connectivity index (χ0) is 15.1. The molecule has 1 aliphatic heterocycles. The number of amides is 1. The molecule has 6 heteroatoms. The Hall–Kier alpha value is -1.82. The van der Waals surface area contributed by atoms with Gasteiger partial charge >= 0.3 is 0 Å². The first-order valence-electron chi connectivity index (χ1n) is 7.95. The van der Waals surface area contributed by atoms with Gasteiger partial charge in [0.25, 0.3) is 5.91 Å². The van der Waals surface area contributed by atoms with Crippen molar-refractivity contribution in [2.75, 3.05) is 5.32 Å². The van der Waals surface area contributed by atoms with Crippen LogP contribution in [-0.2, 0) is 6.42 Å². The molecule has 0 radical (unpaired) electrons. The number of thiophene rings is 1. The quantitative estimate of drug-likeness (QED) is 0.814. The van der Waals surface area contributed by atoms with E-state index in [0.717, 1.165) is 33.1 Å². The molecule has 5 nitrogen and oxygen atoms in total. The van der Waals surface area contributed by atoms with Crippen molar-refractivity contribution in [3.05, 3.63) is 23.4 Å². The number of rotatable bonds is 3. The largest absolute Gasteiger partial charge is 0.374 e. The summed E-state index contributed by atoms with van der Waals surface area (Å²) < 4.78 is 0. The van der Waals surface area contributed by atoms with Gasteiger partial charge in [-0.25, -0.2) is 0 Å². The molecule has 3 N–H and O–H groups in total. The van der Waals surface area contributed by atoms with Crippen molar-refractivity contribution in [2.24, 2.45) is 0 Å². The van der Waals surface area contributed by atoms with Gasteiger partial charge in [-0.1, -0.05) is 12.8 Å². The molecule has 1 saturated carbocycles. The molecular formula is C16H20N4OS. The van der Waals surface area contributed by atoms with Gasteiger partial charge in [0.1, 0.15) is 5.00 Å². The summed E-state index contributed by atoms with van der Waals surface area (Å²) in [4.78, 5) is 13.7. The number of fused-ring (bicyclic) bond motifs is 1. The Morgan fingerprint density at radius 3 is 2.91 bits per heavy atom. The van der Waals surface area contributed by atoms with Crippen LogP contribution in [0.4, 0.5) is 5.00 Å². The van der Waals surface area contributed by atoms with Crippen LogP contribution in [-0.4, -0.2) is 28.2 Å². The minimum atomic E-state index is 0.0521. The maximum atomic E-state index is 12.5. The van der Waals surface area contributed by atoms with Gasteiger partial charge < -0.3 is 10.6 Å². The molecule has 3 heterocycles. The van der Waals surface area contributed by atoms with E-state index in [-0.39, 0.29) is 11.9 Å². The van der Waals surface area contributed by atoms with Crippen molar-refractivity contribution in [1.82, 2.24) is 15.5 Å². The van der Waals surface area contributed by atoms with E-state index in [1.54, 1.807) is 17.5 Å². The summed E-state index contributed by atoms with van der Waals surface area (Å²) >= 11 is 1.68. The highest BCUT2D eigenvalue weighted by Gasteiger charge is 2.31. The van der Waals surface area contributed by atoms with E-state index >= 15 is 0 Å². The highest BCUT2D eigenvalue weighted by atomic mass is 32.1.